The Hall–Kier alpha value is -1.50. The number of aromatic carboxylic acids is 1. The normalized spacial score (nSPS) is 23.4. The Bertz CT molecular complexity index is 503. The van der Waals surface area contributed by atoms with Gasteiger partial charge in [0.2, 0.25) is 0 Å². The molecule has 0 saturated carbocycles. The van der Waals surface area contributed by atoms with Crippen molar-refractivity contribution in [2.24, 2.45) is 0 Å². The minimum absolute atomic E-state index is 0.0940. The largest absolute Gasteiger partial charge is 0.489 e. The van der Waals surface area contributed by atoms with E-state index in [4.69, 9.17) is 9.84 Å². The van der Waals surface area contributed by atoms with Gasteiger partial charge in [-0.1, -0.05) is 0 Å². The van der Waals surface area contributed by atoms with Crippen molar-refractivity contribution in [3.05, 3.63) is 23.5 Å². The summed E-state index contributed by atoms with van der Waals surface area (Å²) in [5.74, 6) is -2.64. The lowest BCUT2D eigenvalue weighted by atomic mass is 10.2. The third-order valence-corrected chi connectivity index (χ3v) is 3.73. The summed E-state index contributed by atoms with van der Waals surface area (Å²) in [5.41, 5.74) is -2.06. The maximum absolute atomic E-state index is 13.5. The van der Waals surface area contributed by atoms with Crippen LogP contribution in [0.15, 0.2) is 17.0 Å². The Morgan fingerprint density at radius 2 is 2.24 bits per heavy atom. The minimum atomic E-state index is -2.11. The fourth-order valence-corrected chi connectivity index (χ4v) is 2.65. The zero-order chi connectivity index (χ0) is 12.6. The molecule has 0 bridgehead atoms. The van der Waals surface area contributed by atoms with Crippen molar-refractivity contribution in [1.82, 2.24) is 0 Å². The summed E-state index contributed by atoms with van der Waals surface area (Å²) < 4.78 is 43.5. The quantitative estimate of drug-likeness (QED) is 0.836. The topological polar surface area (TPSA) is 63.6 Å². The lowest BCUT2D eigenvalue weighted by Crippen LogP contribution is -2.09. The fourth-order valence-electron chi connectivity index (χ4n) is 1.48. The molecule has 92 valence electrons. The molecule has 0 fully saturated rings. The monoisotopic (exact) mass is 262 g/mol. The summed E-state index contributed by atoms with van der Waals surface area (Å²) in [4.78, 5) is 10.5. The van der Waals surface area contributed by atoms with Crippen LogP contribution in [0.3, 0.4) is 0 Å². The van der Waals surface area contributed by atoms with Gasteiger partial charge in [-0.05, 0) is 12.1 Å². The molecule has 2 rings (SSSR count). The average molecular weight is 262 g/mol. The van der Waals surface area contributed by atoms with Crippen molar-refractivity contribution in [3.63, 3.8) is 0 Å². The van der Waals surface area contributed by atoms with Crippen LogP contribution in [0.25, 0.3) is 0 Å². The van der Waals surface area contributed by atoms with Crippen LogP contribution in [0.1, 0.15) is 16.8 Å². The maximum atomic E-state index is 13.5. The number of halogens is 2. The highest BCUT2D eigenvalue weighted by atomic mass is 32.2. The third kappa shape index (κ3) is 2.14. The first-order chi connectivity index (χ1) is 8.00. The number of ether oxygens (including phenoxy) is 1. The van der Waals surface area contributed by atoms with Crippen LogP contribution >= 0.6 is 0 Å². The molecular formula is C10H8F2O4S. The van der Waals surface area contributed by atoms with E-state index in [2.05, 4.69) is 0 Å². The van der Waals surface area contributed by atoms with Gasteiger partial charge < -0.3 is 9.84 Å². The number of rotatable bonds is 1. The standard InChI is InChI=1S/C10H8F2O4S/c11-6-3-5(10(13)14)4-7-9(6)16-2-1-8(12)17(7)15/h3-4,8H,1-2H2,(H,13,14). The molecule has 1 N–H and O–H groups in total. The number of benzene rings is 1. The number of hydrogen-bond acceptors (Lipinski definition) is 3. The first-order valence-corrected chi connectivity index (χ1v) is 5.96. The second-order valence-corrected chi connectivity index (χ2v) is 4.98. The van der Waals surface area contributed by atoms with Gasteiger partial charge >= 0.3 is 5.97 Å². The highest BCUT2D eigenvalue weighted by Gasteiger charge is 2.28. The molecule has 17 heavy (non-hydrogen) atoms. The van der Waals surface area contributed by atoms with E-state index in [-0.39, 0.29) is 29.2 Å². The van der Waals surface area contributed by atoms with Gasteiger partial charge in [-0.3, -0.25) is 4.21 Å². The molecule has 0 amide bonds. The van der Waals surface area contributed by atoms with Gasteiger partial charge in [0.1, 0.15) is 0 Å². The number of carbonyl (C=O) groups is 1. The molecule has 0 saturated heterocycles. The second kappa shape index (κ2) is 4.40. The molecule has 0 radical (unpaired) electrons. The van der Waals surface area contributed by atoms with E-state index in [0.29, 0.717) is 0 Å². The van der Waals surface area contributed by atoms with E-state index < -0.39 is 28.1 Å². The van der Waals surface area contributed by atoms with Gasteiger partial charge in [0.15, 0.2) is 17.1 Å². The molecule has 1 aromatic carbocycles. The number of alkyl halides is 1. The lowest BCUT2D eigenvalue weighted by molar-refractivity contribution is 0.0696. The van der Waals surface area contributed by atoms with E-state index in [1.54, 1.807) is 0 Å². The molecule has 4 nitrogen and oxygen atoms in total. The molecule has 7 heteroatoms. The molecule has 0 spiro atoms. The van der Waals surface area contributed by atoms with Crippen LogP contribution in [0.4, 0.5) is 8.78 Å². The molecule has 0 aliphatic carbocycles. The number of hydrogen-bond donors (Lipinski definition) is 1. The fraction of sp³-hybridized carbons (Fsp3) is 0.300. The Kier molecular flexibility index (Phi) is 3.10. The SMILES string of the molecule is O=C(O)c1cc(F)c2c(c1)S(=O)C(F)CCO2. The average Bonchev–Trinajstić information content (AvgIpc) is 2.41. The minimum Gasteiger partial charge on any atom is -0.489 e. The molecule has 1 aliphatic heterocycles. The zero-order valence-electron chi connectivity index (χ0n) is 8.48. The molecular weight excluding hydrogens is 254 g/mol. The first kappa shape index (κ1) is 12.0. The first-order valence-electron chi connectivity index (χ1n) is 4.75. The van der Waals surface area contributed by atoms with E-state index in [9.17, 15) is 17.8 Å². The maximum Gasteiger partial charge on any atom is 0.335 e. The summed E-state index contributed by atoms with van der Waals surface area (Å²) in [6.07, 6.45) is -0.122. The van der Waals surface area contributed by atoms with Gasteiger partial charge in [-0.15, -0.1) is 0 Å². The summed E-state index contributed by atoms with van der Waals surface area (Å²) in [7, 11) is -2.11. The predicted molar refractivity (Wildman–Crippen MR) is 54.8 cm³/mol. The Morgan fingerprint density at radius 3 is 2.88 bits per heavy atom. The summed E-state index contributed by atoms with van der Waals surface area (Å²) in [5, 5.41) is 8.73. The van der Waals surface area contributed by atoms with Crippen LogP contribution in [0, 0.1) is 5.82 Å². The van der Waals surface area contributed by atoms with Gasteiger partial charge in [-0.25, -0.2) is 13.6 Å². The van der Waals surface area contributed by atoms with Gasteiger partial charge in [0, 0.05) is 6.42 Å². The van der Waals surface area contributed by atoms with Crippen LogP contribution in [-0.2, 0) is 10.8 Å². The third-order valence-electron chi connectivity index (χ3n) is 2.30. The highest BCUT2D eigenvalue weighted by Crippen LogP contribution is 2.32. The summed E-state index contributed by atoms with van der Waals surface area (Å²) in [6.45, 7) is -0.0940. The van der Waals surface area contributed by atoms with E-state index >= 15 is 0 Å². The molecule has 2 unspecified atom stereocenters. The van der Waals surface area contributed by atoms with Crippen LogP contribution in [0.2, 0.25) is 0 Å². The van der Waals surface area contributed by atoms with Crippen molar-refractivity contribution >= 4 is 16.8 Å². The summed E-state index contributed by atoms with van der Waals surface area (Å²) >= 11 is 0. The molecule has 0 aromatic heterocycles. The molecule has 1 aromatic rings. The van der Waals surface area contributed by atoms with Gasteiger partial charge in [-0.2, -0.15) is 0 Å². The van der Waals surface area contributed by atoms with Crippen molar-refractivity contribution in [1.29, 1.82) is 0 Å². The molecule has 1 heterocycles. The van der Waals surface area contributed by atoms with Gasteiger partial charge in [0.25, 0.3) is 0 Å². The molecule has 1 aliphatic rings. The smallest absolute Gasteiger partial charge is 0.335 e. The Labute approximate surface area is 97.7 Å². The van der Waals surface area contributed by atoms with Crippen LogP contribution < -0.4 is 4.74 Å². The Morgan fingerprint density at radius 1 is 1.53 bits per heavy atom. The molecule has 2 atom stereocenters. The van der Waals surface area contributed by atoms with Crippen molar-refractivity contribution in [2.45, 2.75) is 16.8 Å². The van der Waals surface area contributed by atoms with Crippen molar-refractivity contribution < 1.29 is 27.6 Å². The highest BCUT2D eigenvalue weighted by molar-refractivity contribution is 7.85. The van der Waals surface area contributed by atoms with Crippen molar-refractivity contribution in [2.75, 3.05) is 6.61 Å². The van der Waals surface area contributed by atoms with Gasteiger partial charge in [0.05, 0.1) is 27.9 Å². The zero-order valence-corrected chi connectivity index (χ0v) is 9.30. The van der Waals surface area contributed by atoms with E-state index in [0.717, 1.165) is 12.1 Å². The summed E-state index contributed by atoms with van der Waals surface area (Å²) in [6, 6.07) is 1.74. The predicted octanol–water partition coefficient (Wildman–Crippen LogP) is 1.71. The van der Waals surface area contributed by atoms with Crippen molar-refractivity contribution in [3.8, 4) is 5.75 Å². The lowest BCUT2D eigenvalue weighted by Gasteiger charge is -2.08. The van der Waals surface area contributed by atoms with Crippen LogP contribution in [-0.4, -0.2) is 27.4 Å². The van der Waals surface area contributed by atoms with E-state index in [1.165, 1.54) is 0 Å². The Balaban J connectivity index is 2.61. The number of carboxylic acids is 1. The second-order valence-electron chi connectivity index (χ2n) is 3.44. The van der Waals surface area contributed by atoms with Crippen LogP contribution in [0.5, 0.6) is 5.75 Å². The number of carboxylic acid groups (broad SMARTS) is 1. The number of fused-ring (bicyclic) bond motifs is 1. The van der Waals surface area contributed by atoms with E-state index in [1.807, 2.05) is 0 Å².